The Labute approximate surface area is 112 Å². The Morgan fingerprint density at radius 3 is 2.39 bits per heavy atom. The molecule has 5 heteroatoms. The van der Waals surface area contributed by atoms with E-state index in [9.17, 15) is 0 Å². The van der Waals surface area contributed by atoms with Crippen LogP contribution in [0.15, 0.2) is 18.3 Å². The third kappa shape index (κ3) is 2.70. The quantitative estimate of drug-likeness (QED) is 0.796. The van der Waals surface area contributed by atoms with E-state index >= 15 is 0 Å². The number of halogens is 1. The van der Waals surface area contributed by atoms with Crippen LogP contribution in [0.5, 0.6) is 0 Å². The van der Waals surface area contributed by atoms with Gasteiger partial charge in [-0.2, -0.15) is 5.10 Å². The van der Waals surface area contributed by atoms with Gasteiger partial charge in [-0.15, -0.1) is 0 Å². The number of hydrogen-bond acceptors (Lipinski definition) is 3. The third-order valence-electron chi connectivity index (χ3n) is 2.65. The van der Waals surface area contributed by atoms with Crippen LogP contribution >= 0.6 is 11.6 Å². The van der Waals surface area contributed by atoms with Crippen molar-refractivity contribution < 1.29 is 0 Å². The van der Waals surface area contributed by atoms with Crippen molar-refractivity contribution in [3.05, 3.63) is 35.0 Å². The summed E-state index contributed by atoms with van der Waals surface area (Å²) in [6, 6.07) is 3.72. The lowest BCUT2D eigenvalue weighted by atomic mass is 10.1. The van der Waals surface area contributed by atoms with E-state index in [0.29, 0.717) is 16.9 Å². The van der Waals surface area contributed by atoms with Gasteiger partial charge >= 0.3 is 0 Å². The molecule has 2 aromatic rings. The fraction of sp³-hybridized carbons (Fsp3) is 0.462. The maximum atomic E-state index is 6.02. The molecule has 0 radical (unpaired) electrons. The summed E-state index contributed by atoms with van der Waals surface area (Å²) >= 11 is 6.02. The predicted octanol–water partition coefficient (Wildman–Crippen LogP) is 3.56. The van der Waals surface area contributed by atoms with Crippen molar-refractivity contribution in [3.63, 3.8) is 0 Å². The average molecular weight is 265 g/mol. The van der Waals surface area contributed by atoms with Gasteiger partial charge in [0, 0.05) is 18.2 Å². The summed E-state index contributed by atoms with van der Waals surface area (Å²) < 4.78 is 1.74. The molecule has 2 heterocycles. The Kier molecular flexibility index (Phi) is 3.66. The van der Waals surface area contributed by atoms with E-state index in [2.05, 4.69) is 28.9 Å². The second kappa shape index (κ2) is 5.06. The van der Waals surface area contributed by atoms with Crippen LogP contribution in [0.25, 0.3) is 5.82 Å². The summed E-state index contributed by atoms with van der Waals surface area (Å²) in [4.78, 5) is 8.69. The molecule has 2 aromatic heterocycles. The van der Waals surface area contributed by atoms with Crippen molar-refractivity contribution >= 4 is 11.6 Å². The molecule has 0 saturated carbocycles. The van der Waals surface area contributed by atoms with Gasteiger partial charge in [-0.25, -0.2) is 14.6 Å². The Balaban J connectivity index is 2.43. The average Bonchev–Trinajstić information content (AvgIpc) is 2.77. The van der Waals surface area contributed by atoms with Gasteiger partial charge in [0.25, 0.3) is 0 Å². The van der Waals surface area contributed by atoms with Crippen LogP contribution in [0.2, 0.25) is 5.15 Å². The van der Waals surface area contributed by atoms with E-state index in [0.717, 1.165) is 11.5 Å². The van der Waals surface area contributed by atoms with E-state index in [1.54, 1.807) is 10.7 Å². The van der Waals surface area contributed by atoms with Gasteiger partial charge in [-0.05, 0) is 12.0 Å². The lowest BCUT2D eigenvalue weighted by Gasteiger charge is -2.07. The minimum atomic E-state index is 0.239. The Morgan fingerprint density at radius 2 is 1.83 bits per heavy atom. The van der Waals surface area contributed by atoms with Crippen molar-refractivity contribution in [2.45, 2.75) is 39.5 Å². The maximum Gasteiger partial charge on any atom is 0.158 e. The van der Waals surface area contributed by atoms with Gasteiger partial charge in [0.2, 0.25) is 0 Å². The molecule has 0 saturated heterocycles. The van der Waals surface area contributed by atoms with Crippen LogP contribution in [0, 0.1) is 0 Å². The molecule has 0 N–H and O–H groups in total. The Bertz CT molecular complexity index is 546. The van der Waals surface area contributed by atoms with Crippen LogP contribution < -0.4 is 0 Å². The first-order valence-corrected chi connectivity index (χ1v) is 6.45. The maximum absolute atomic E-state index is 6.02. The highest BCUT2D eigenvalue weighted by molar-refractivity contribution is 6.29. The third-order valence-corrected chi connectivity index (χ3v) is 2.84. The van der Waals surface area contributed by atoms with Crippen molar-refractivity contribution in [1.82, 2.24) is 19.7 Å². The normalized spacial score (nSPS) is 11.5. The van der Waals surface area contributed by atoms with Crippen molar-refractivity contribution in [2.24, 2.45) is 0 Å². The zero-order valence-corrected chi connectivity index (χ0v) is 11.8. The lowest BCUT2D eigenvalue weighted by Crippen LogP contribution is -2.05. The molecule has 0 aliphatic heterocycles. The van der Waals surface area contributed by atoms with Crippen LogP contribution in [0.4, 0.5) is 0 Å². The zero-order chi connectivity index (χ0) is 13.3. The van der Waals surface area contributed by atoms with Gasteiger partial charge < -0.3 is 0 Å². The molecule has 0 spiro atoms. The highest BCUT2D eigenvalue weighted by Crippen LogP contribution is 2.18. The first-order valence-electron chi connectivity index (χ1n) is 6.07. The minimum absolute atomic E-state index is 0.239. The number of aromatic nitrogens is 4. The van der Waals surface area contributed by atoms with Crippen LogP contribution in [-0.4, -0.2) is 19.7 Å². The Hall–Kier alpha value is -1.42. The number of rotatable bonds is 3. The van der Waals surface area contributed by atoms with E-state index in [1.165, 1.54) is 0 Å². The minimum Gasteiger partial charge on any atom is -0.222 e. The monoisotopic (exact) mass is 264 g/mol. The van der Waals surface area contributed by atoms with Crippen molar-refractivity contribution in [3.8, 4) is 5.82 Å². The first kappa shape index (κ1) is 13.0. The molecule has 2 rings (SSSR count). The summed E-state index contributed by atoms with van der Waals surface area (Å²) in [5.41, 5.74) is 1.04. The molecular formula is C13H17ClN4. The topological polar surface area (TPSA) is 43.6 Å². The molecule has 0 aliphatic rings. The highest BCUT2D eigenvalue weighted by Gasteiger charge is 2.10. The fourth-order valence-electron chi connectivity index (χ4n) is 1.57. The molecule has 18 heavy (non-hydrogen) atoms. The molecule has 0 amide bonds. The molecule has 0 aliphatic carbocycles. The molecule has 0 unspecified atom stereocenters. The smallest absolute Gasteiger partial charge is 0.158 e. The largest absolute Gasteiger partial charge is 0.222 e. The van der Waals surface area contributed by atoms with Gasteiger partial charge in [-0.3, -0.25) is 0 Å². The summed E-state index contributed by atoms with van der Waals surface area (Å²) in [5, 5.41) is 4.94. The predicted molar refractivity (Wildman–Crippen MR) is 72.3 cm³/mol. The molecule has 0 aromatic carbocycles. The van der Waals surface area contributed by atoms with E-state index in [1.807, 2.05) is 26.1 Å². The van der Waals surface area contributed by atoms with Crippen molar-refractivity contribution in [2.75, 3.05) is 0 Å². The second-order valence-electron chi connectivity index (χ2n) is 4.90. The summed E-state index contributed by atoms with van der Waals surface area (Å²) in [6.45, 7) is 8.30. The highest BCUT2D eigenvalue weighted by atomic mass is 35.5. The zero-order valence-electron chi connectivity index (χ0n) is 11.1. The first-order chi connectivity index (χ1) is 8.47. The van der Waals surface area contributed by atoms with Gasteiger partial charge in [0.15, 0.2) is 5.82 Å². The number of nitrogens with zero attached hydrogens (tertiary/aromatic N) is 4. The molecule has 4 nitrogen and oxygen atoms in total. The molecule has 0 bridgehead atoms. The standard InChI is InChI=1S/C13H17ClN4/c1-8(2)10-5-6-18(17-10)12-7-11(14)15-13(16-12)9(3)4/h5-9H,1-4H3. The van der Waals surface area contributed by atoms with Crippen molar-refractivity contribution in [1.29, 1.82) is 0 Å². The fourth-order valence-corrected chi connectivity index (χ4v) is 1.76. The molecule has 96 valence electrons. The van der Waals surface area contributed by atoms with Crippen LogP contribution in [-0.2, 0) is 0 Å². The molecular weight excluding hydrogens is 248 g/mol. The van der Waals surface area contributed by atoms with Gasteiger partial charge in [-0.1, -0.05) is 39.3 Å². The van der Waals surface area contributed by atoms with E-state index < -0.39 is 0 Å². The SMILES string of the molecule is CC(C)c1ccn(-c2cc(Cl)nc(C(C)C)n2)n1. The lowest BCUT2D eigenvalue weighted by molar-refractivity contribution is 0.726. The van der Waals surface area contributed by atoms with Crippen LogP contribution in [0.1, 0.15) is 51.0 Å². The summed E-state index contributed by atoms with van der Waals surface area (Å²) in [7, 11) is 0. The Morgan fingerprint density at radius 1 is 1.11 bits per heavy atom. The molecule has 0 atom stereocenters. The van der Waals surface area contributed by atoms with Gasteiger partial charge in [0.05, 0.1) is 5.69 Å². The van der Waals surface area contributed by atoms with E-state index in [4.69, 9.17) is 11.6 Å². The summed E-state index contributed by atoms with van der Waals surface area (Å²) in [5.74, 6) is 2.08. The second-order valence-corrected chi connectivity index (χ2v) is 5.29. The van der Waals surface area contributed by atoms with Crippen LogP contribution in [0.3, 0.4) is 0 Å². The number of hydrogen-bond donors (Lipinski definition) is 0. The van der Waals surface area contributed by atoms with E-state index in [-0.39, 0.29) is 5.92 Å². The summed E-state index contributed by atoms with van der Waals surface area (Å²) in [6.07, 6.45) is 1.90. The van der Waals surface area contributed by atoms with Gasteiger partial charge in [0.1, 0.15) is 11.0 Å². The molecule has 0 fully saturated rings.